The van der Waals surface area contributed by atoms with E-state index in [4.69, 9.17) is 0 Å². The van der Waals surface area contributed by atoms with Gasteiger partial charge in [0.2, 0.25) is 0 Å². The van der Waals surface area contributed by atoms with Crippen molar-refractivity contribution in [3.05, 3.63) is 0 Å². The molecule has 16 heavy (non-hydrogen) atoms. The Morgan fingerprint density at radius 1 is 1.19 bits per heavy atom. The Hall–Kier alpha value is -0.0900. The zero-order chi connectivity index (χ0) is 12.1. The van der Waals surface area contributed by atoms with Crippen LogP contribution in [0.25, 0.3) is 0 Å². The van der Waals surface area contributed by atoms with E-state index in [9.17, 15) is 8.42 Å². The third-order valence-corrected chi connectivity index (χ3v) is 4.61. The smallest absolute Gasteiger partial charge is 0.147 e. The van der Waals surface area contributed by atoms with Crippen LogP contribution in [0.5, 0.6) is 0 Å². The second-order valence-corrected chi connectivity index (χ2v) is 7.48. The topological polar surface area (TPSA) is 46.2 Å². The maximum Gasteiger partial charge on any atom is 0.147 e. The standard InChI is InChI=1S/C12H25NO2S/c1-3-13-11-12(7-5-4-6-8-12)9-10-16(2,14)15/h13H,3-11H2,1-2H3. The number of hydrogen-bond donors (Lipinski definition) is 1. The number of hydrogen-bond acceptors (Lipinski definition) is 3. The fourth-order valence-corrected chi connectivity index (χ4v) is 3.41. The molecule has 0 amide bonds. The summed E-state index contributed by atoms with van der Waals surface area (Å²) in [6.45, 7) is 4.06. The molecular formula is C12H25NO2S. The van der Waals surface area contributed by atoms with E-state index in [2.05, 4.69) is 12.2 Å². The molecule has 0 bridgehead atoms. The first kappa shape index (κ1) is 14.0. The monoisotopic (exact) mass is 247 g/mol. The molecule has 1 N–H and O–H groups in total. The second kappa shape index (κ2) is 6.01. The highest BCUT2D eigenvalue weighted by molar-refractivity contribution is 7.90. The molecule has 0 saturated heterocycles. The molecule has 1 fully saturated rings. The summed E-state index contributed by atoms with van der Waals surface area (Å²) in [7, 11) is -2.81. The Morgan fingerprint density at radius 3 is 2.31 bits per heavy atom. The van der Waals surface area contributed by atoms with Crippen molar-refractivity contribution in [1.82, 2.24) is 5.32 Å². The van der Waals surface area contributed by atoms with Crippen molar-refractivity contribution < 1.29 is 8.42 Å². The average Bonchev–Trinajstić information content (AvgIpc) is 2.24. The highest BCUT2D eigenvalue weighted by Gasteiger charge is 2.32. The molecule has 0 atom stereocenters. The van der Waals surface area contributed by atoms with Crippen molar-refractivity contribution in [3.8, 4) is 0 Å². The molecule has 1 aliphatic carbocycles. The molecule has 0 aromatic rings. The molecule has 0 spiro atoms. The molecule has 1 rings (SSSR count). The Labute approximate surface area is 99.9 Å². The highest BCUT2D eigenvalue weighted by atomic mass is 32.2. The van der Waals surface area contributed by atoms with Crippen LogP contribution in [-0.2, 0) is 9.84 Å². The maximum absolute atomic E-state index is 11.3. The fourth-order valence-electron chi connectivity index (χ4n) is 2.61. The van der Waals surface area contributed by atoms with Crippen molar-refractivity contribution in [2.75, 3.05) is 25.1 Å². The summed E-state index contributed by atoms with van der Waals surface area (Å²) in [6, 6.07) is 0. The van der Waals surface area contributed by atoms with Gasteiger partial charge < -0.3 is 5.32 Å². The zero-order valence-electron chi connectivity index (χ0n) is 10.6. The average molecular weight is 247 g/mol. The zero-order valence-corrected chi connectivity index (χ0v) is 11.4. The van der Waals surface area contributed by atoms with E-state index >= 15 is 0 Å². The van der Waals surface area contributed by atoms with Gasteiger partial charge in [0.15, 0.2) is 0 Å². The van der Waals surface area contributed by atoms with Crippen molar-refractivity contribution in [1.29, 1.82) is 0 Å². The van der Waals surface area contributed by atoms with Crippen LogP contribution < -0.4 is 5.32 Å². The summed E-state index contributed by atoms with van der Waals surface area (Å²) in [5.41, 5.74) is 0.247. The summed E-state index contributed by atoms with van der Waals surface area (Å²) in [5.74, 6) is 0.346. The number of nitrogens with one attached hydrogen (secondary N) is 1. The van der Waals surface area contributed by atoms with Crippen LogP contribution >= 0.6 is 0 Å². The molecule has 0 radical (unpaired) electrons. The maximum atomic E-state index is 11.3. The SMILES string of the molecule is CCNCC1(CCS(C)(=O)=O)CCCCC1. The largest absolute Gasteiger partial charge is 0.316 e. The molecule has 3 nitrogen and oxygen atoms in total. The summed E-state index contributed by atoms with van der Waals surface area (Å²) in [4.78, 5) is 0. The molecule has 96 valence electrons. The van der Waals surface area contributed by atoms with E-state index in [0.29, 0.717) is 5.75 Å². The lowest BCUT2D eigenvalue weighted by atomic mass is 9.72. The highest BCUT2D eigenvalue weighted by Crippen LogP contribution is 2.39. The molecule has 0 unspecified atom stereocenters. The van der Waals surface area contributed by atoms with Crippen LogP contribution in [0.15, 0.2) is 0 Å². The van der Waals surface area contributed by atoms with Crippen LogP contribution in [0.3, 0.4) is 0 Å². The Balaban J connectivity index is 2.55. The van der Waals surface area contributed by atoms with Gasteiger partial charge in [-0.2, -0.15) is 0 Å². The molecule has 0 aromatic heterocycles. The normalized spacial score (nSPS) is 20.9. The van der Waals surface area contributed by atoms with Gasteiger partial charge in [-0.1, -0.05) is 26.2 Å². The Kier molecular flexibility index (Phi) is 5.25. The minimum Gasteiger partial charge on any atom is -0.316 e. The van der Waals surface area contributed by atoms with E-state index in [1.807, 2.05) is 0 Å². The summed E-state index contributed by atoms with van der Waals surface area (Å²) >= 11 is 0. The van der Waals surface area contributed by atoms with E-state index in [0.717, 1.165) is 19.5 Å². The van der Waals surface area contributed by atoms with E-state index in [-0.39, 0.29) is 5.41 Å². The first-order valence-electron chi connectivity index (χ1n) is 6.36. The predicted molar refractivity (Wildman–Crippen MR) is 68.4 cm³/mol. The number of sulfone groups is 1. The second-order valence-electron chi connectivity index (χ2n) is 5.22. The third kappa shape index (κ3) is 4.83. The molecule has 0 aliphatic heterocycles. The molecule has 1 aliphatic rings. The minimum absolute atomic E-state index is 0.247. The van der Waals surface area contributed by atoms with Crippen LogP contribution in [-0.4, -0.2) is 33.5 Å². The minimum atomic E-state index is -2.81. The summed E-state index contributed by atoms with van der Waals surface area (Å²) in [6.07, 6.45) is 8.39. The lowest BCUT2D eigenvalue weighted by molar-refractivity contribution is 0.177. The van der Waals surface area contributed by atoms with Gasteiger partial charge in [-0.05, 0) is 31.2 Å². The number of rotatable bonds is 6. The van der Waals surface area contributed by atoms with Gasteiger partial charge in [0, 0.05) is 12.8 Å². The quantitative estimate of drug-likeness (QED) is 0.780. The molecule has 1 saturated carbocycles. The fraction of sp³-hybridized carbons (Fsp3) is 1.00. The Bertz CT molecular complexity index is 292. The molecular weight excluding hydrogens is 222 g/mol. The lowest BCUT2D eigenvalue weighted by Crippen LogP contribution is -2.37. The summed E-state index contributed by atoms with van der Waals surface area (Å²) in [5, 5.41) is 3.40. The van der Waals surface area contributed by atoms with Crippen molar-refractivity contribution in [3.63, 3.8) is 0 Å². The molecule has 0 heterocycles. The molecule has 4 heteroatoms. The Morgan fingerprint density at radius 2 is 1.81 bits per heavy atom. The van der Waals surface area contributed by atoms with Crippen LogP contribution in [0.4, 0.5) is 0 Å². The van der Waals surface area contributed by atoms with Crippen molar-refractivity contribution >= 4 is 9.84 Å². The van der Waals surface area contributed by atoms with Crippen LogP contribution in [0.2, 0.25) is 0 Å². The van der Waals surface area contributed by atoms with Gasteiger partial charge in [0.05, 0.1) is 5.75 Å². The summed E-state index contributed by atoms with van der Waals surface area (Å²) < 4.78 is 22.5. The van der Waals surface area contributed by atoms with E-state index in [1.54, 1.807) is 0 Å². The van der Waals surface area contributed by atoms with Gasteiger partial charge in [-0.15, -0.1) is 0 Å². The van der Waals surface area contributed by atoms with Gasteiger partial charge >= 0.3 is 0 Å². The van der Waals surface area contributed by atoms with Gasteiger partial charge in [-0.25, -0.2) is 8.42 Å². The first-order valence-corrected chi connectivity index (χ1v) is 8.42. The van der Waals surface area contributed by atoms with E-state index < -0.39 is 9.84 Å². The van der Waals surface area contributed by atoms with Gasteiger partial charge in [0.1, 0.15) is 9.84 Å². The van der Waals surface area contributed by atoms with Crippen molar-refractivity contribution in [2.24, 2.45) is 5.41 Å². The molecule has 0 aromatic carbocycles. The lowest BCUT2D eigenvalue weighted by Gasteiger charge is -2.37. The van der Waals surface area contributed by atoms with Crippen LogP contribution in [0, 0.1) is 5.41 Å². The predicted octanol–water partition coefficient (Wildman–Crippen LogP) is 1.98. The van der Waals surface area contributed by atoms with Gasteiger partial charge in [0.25, 0.3) is 0 Å². The first-order chi connectivity index (χ1) is 7.47. The van der Waals surface area contributed by atoms with Crippen molar-refractivity contribution in [2.45, 2.75) is 45.4 Å². The third-order valence-electron chi connectivity index (χ3n) is 3.67. The van der Waals surface area contributed by atoms with E-state index in [1.165, 1.54) is 38.4 Å². The van der Waals surface area contributed by atoms with Crippen LogP contribution in [0.1, 0.15) is 45.4 Å². The van der Waals surface area contributed by atoms with Gasteiger partial charge in [-0.3, -0.25) is 0 Å².